The van der Waals surface area contributed by atoms with Gasteiger partial charge in [-0.1, -0.05) is 32.0 Å². The molecule has 0 aliphatic carbocycles. The molecule has 9 nitrogen and oxygen atoms in total. The van der Waals surface area contributed by atoms with Crippen LogP contribution in [-0.2, 0) is 19.5 Å². The van der Waals surface area contributed by atoms with Crippen molar-refractivity contribution >= 4 is 8.32 Å². The molecule has 0 fully saturated rings. The van der Waals surface area contributed by atoms with Crippen LogP contribution >= 0.6 is 0 Å². The monoisotopic (exact) mass is 507 g/mol. The predicted molar refractivity (Wildman–Crippen MR) is 139 cm³/mol. The predicted octanol–water partition coefficient (Wildman–Crippen LogP) is 4.53. The number of rotatable bonds is 5. The van der Waals surface area contributed by atoms with Gasteiger partial charge >= 0.3 is 5.69 Å². The lowest BCUT2D eigenvalue weighted by Crippen LogP contribution is -2.43. The third-order valence-electron chi connectivity index (χ3n) is 7.64. The summed E-state index contributed by atoms with van der Waals surface area (Å²) in [6.07, 6.45) is 3.78. The van der Waals surface area contributed by atoms with Gasteiger partial charge in [-0.15, -0.1) is 0 Å². The van der Waals surface area contributed by atoms with E-state index < -0.39 is 8.32 Å². The van der Waals surface area contributed by atoms with E-state index in [2.05, 4.69) is 50.2 Å². The number of aryl methyl sites for hydroxylation is 2. The first-order valence-electron chi connectivity index (χ1n) is 12.1. The number of hydrogen-bond acceptors (Lipinski definition) is 6. The number of aromatic nitrogens is 5. The second kappa shape index (κ2) is 8.26. The highest BCUT2D eigenvalue weighted by molar-refractivity contribution is 6.74. The third-order valence-corrected chi connectivity index (χ3v) is 12.0. The molecule has 0 bridgehead atoms. The molecule has 0 spiro atoms. The highest BCUT2D eigenvalue weighted by atomic mass is 28.4. The molecule has 0 unspecified atom stereocenters. The number of hydrogen-bond donors (Lipinski definition) is 1. The van der Waals surface area contributed by atoms with Crippen LogP contribution in [0.4, 0.5) is 0 Å². The Morgan fingerprint density at radius 1 is 1.19 bits per heavy atom. The van der Waals surface area contributed by atoms with Gasteiger partial charge in [0, 0.05) is 18.2 Å². The molecule has 5 rings (SSSR count). The average Bonchev–Trinajstić information content (AvgIpc) is 3.45. The Morgan fingerprint density at radius 2 is 1.94 bits per heavy atom. The van der Waals surface area contributed by atoms with E-state index in [-0.39, 0.29) is 16.6 Å². The number of imidazole rings is 1. The smallest absolute Gasteiger partial charge is 0.336 e. The largest absolute Gasteiger partial charge is 0.543 e. The Morgan fingerprint density at radius 3 is 2.61 bits per heavy atom. The lowest BCUT2D eigenvalue weighted by molar-refractivity contribution is 0.391. The summed E-state index contributed by atoms with van der Waals surface area (Å²) in [5.41, 5.74) is 4.69. The van der Waals surface area contributed by atoms with Crippen LogP contribution in [0.1, 0.15) is 54.6 Å². The quantitative estimate of drug-likeness (QED) is 0.351. The fourth-order valence-corrected chi connectivity index (χ4v) is 5.40. The highest BCUT2D eigenvalue weighted by Gasteiger charge is 2.39. The molecule has 36 heavy (non-hydrogen) atoms. The Bertz CT molecular complexity index is 1500. The minimum absolute atomic E-state index is 0.0572. The SMILES string of the molecule is Cc1noc(C)c1Cn1cc(-n2c(O)c3n(c2=O)Cc2ccc(O[Si](C)(C)C(C)(C)C)cc2C3)cn1. The van der Waals surface area contributed by atoms with E-state index >= 15 is 0 Å². The zero-order valence-electron chi connectivity index (χ0n) is 21.9. The second-order valence-electron chi connectivity index (χ2n) is 11.1. The van der Waals surface area contributed by atoms with Crippen molar-refractivity contribution in [2.75, 3.05) is 0 Å². The lowest BCUT2D eigenvalue weighted by Gasteiger charge is -2.36. The first-order chi connectivity index (χ1) is 16.9. The molecule has 0 atom stereocenters. The fraction of sp³-hybridized carbons (Fsp3) is 0.423. The summed E-state index contributed by atoms with van der Waals surface area (Å²) in [6.45, 7) is 15.7. The van der Waals surface area contributed by atoms with Crippen LogP contribution in [0, 0.1) is 13.8 Å². The molecule has 190 valence electrons. The standard InChI is InChI=1S/C26H33N5O4Si/c1-16-22(17(2)34-28-16)15-29-14-20(12-27-29)31-24(32)23-11-19-10-21(35-36(6,7)26(3,4)5)9-8-18(19)13-30(23)25(31)33/h8-10,12,14,32H,11,13,15H2,1-7H3. The van der Waals surface area contributed by atoms with Crippen LogP contribution in [0.3, 0.4) is 0 Å². The lowest BCUT2D eigenvalue weighted by atomic mass is 9.99. The maximum atomic E-state index is 13.3. The minimum Gasteiger partial charge on any atom is -0.543 e. The van der Waals surface area contributed by atoms with Crippen molar-refractivity contribution in [3.63, 3.8) is 0 Å². The maximum Gasteiger partial charge on any atom is 0.336 e. The van der Waals surface area contributed by atoms with Gasteiger partial charge in [-0.25, -0.2) is 9.36 Å². The van der Waals surface area contributed by atoms with E-state index in [1.54, 1.807) is 21.6 Å². The number of fused-ring (bicyclic) bond motifs is 2. The van der Waals surface area contributed by atoms with Crippen molar-refractivity contribution < 1.29 is 14.1 Å². The van der Waals surface area contributed by atoms with Gasteiger partial charge in [0.2, 0.25) is 14.2 Å². The van der Waals surface area contributed by atoms with Gasteiger partial charge in [0.15, 0.2) is 0 Å². The Balaban J connectivity index is 1.44. The van der Waals surface area contributed by atoms with Gasteiger partial charge < -0.3 is 14.1 Å². The van der Waals surface area contributed by atoms with Crippen molar-refractivity contribution in [3.8, 4) is 17.3 Å². The van der Waals surface area contributed by atoms with Crippen LogP contribution < -0.4 is 10.1 Å². The van der Waals surface area contributed by atoms with Gasteiger partial charge in [0.05, 0.1) is 36.4 Å². The summed E-state index contributed by atoms with van der Waals surface area (Å²) in [5, 5.41) is 19.6. The Hall–Kier alpha value is -3.53. The van der Waals surface area contributed by atoms with Crippen molar-refractivity contribution in [2.24, 2.45) is 0 Å². The van der Waals surface area contributed by atoms with Gasteiger partial charge in [-0.05, 0) is 55.2 Å². The van der Waals surface area contributed by atoms with E-state index in [0.717, 1.165) is 33.9 Å². The molecule has 1 aliphatic rings. The van der Waals surface area contributed by atoms with Crippen LogP contribution in [0.15, 0.2) is 39.9 Å². The molecule has 0 saturated heterocycles. The second-order valence-corrected chi connectivity index (χ2v) is 15.9. The molecule has 4 heterocycles. The van der Waals surface area contributed by atoms with Gasteiger partial charge in [0.25, 0.3) is 0 Å². The summed E-state index contributed by atoms with van der Waals surface area (Å²) in [6, 6.07) is 6.08. The molecule has 3 aromatic heterocycles. The fourth-order valence-electron chi connectivity index (χ4n) is 4.37. The summed E-state index contributed by atoms with van der Waals surface area (Å²) in [5.74, 6) is 1.52. The summed E-state index contributed by atoms with van der Waals surface area (Å²) >= 11 is 0. The summed E-state index contributed by atoms with van der Waals surface area (Å²) in [4.78, 5) is 13.3. The normalized spacial score (nSPS) is 13.5. The van der Waals surface area contributed by atoms with Gasteiger partial charge in [-0.2, -0.15) is 5.10 Å². The third kappa shape index (κ3) is 3.99. The molecule has 1 aliphatic heterocycles. The minimum atomic E-state index is -1.98. The van der Waals surface area contributed by atoms with Gasteiger partial charge in [0.1, 0.15) is 11.5 Å². The van der Waals surface area contributed by atoms with Crippen molar-refractivity contribution in [3.05, 3.63) is 74.9 Å². The van der Waals surface area contributed by atoms with Crippen LogP contribution in [-0.4, -0.2) is 37.5 Å². The van der Waals surface area contributed by atoms with Crippen molar-refractivity contribution in [1.29, 1.82) is 0 Å². The molecule has 1 N–H and O–H groups in total. The number of nitrogens with zero attached hydrogens (tertiary/aromatic N) is 5. The molecule has 10 heteroatoms. The molecule has 1 aromatic carbocycles. The molecule has 0 saturated carbocycles. The molecule has 4 aromatic rings. The first-order valence-corrected chi connectivity index (χ1v) is 15.1. The van der Waals surface area contributed by atoms with Crippen LogP contribution in [0.5, 0.6) is 11.6 Å². The van der Waals surface area contributed by atoms with E-state index in [0.29, 0.717) is 30.9 Å². The molecular formula is C26H33N5O4Si. The summed E-state index contributed by atoms with van der Waals surface area (Å²) < 4.78 is 16.4. The van der Waals surface area contributed by atoms with E-state index in [1.807, 2.05) is 26.0 Å². The topological polar surface area (TPSA) is 100 Å². The molecular weight excluding hydrogens is 474 g/mol. The first kappa shape index (κ1) is 24.2. The van der Waals surface area contributed by atoms with E-state index in [4.69, 9.17) is 8.95 Å². The summed E-state index contributed by atoms with van der Waals surface area (Å²) in [7, 11) is -1.98. The maximum absolute atomic E-state index is 13.3. The molecule has 0 amide bonds. The van der Waals surface area contributed by atoms with Crippen LogP contribution in [0.2, 0.25) is 18.1 Å². The van der Waals surface area contributed by atoms with Crippen molar-refractivity contribution in [1.82, 2.24) is 24.1 Å². The highest BCUT2D eigenvalue weighted by Crippen LogP contribution is 2.38. The number of aromatic hydroxyl groups is 1. The van der Waals surface area contributed by atoms with E-state index in [9.17, 15) is 9.90 Å². The van der Waals surface area contributed by atoms with Crippen LogP contribution in [0.25, 0.3) is 5.69 Å². The zero-order chi connectivity index (χ0) is 26.0. The molecule has 0 radical (unpaired) electrons. The number of benzene rings is 1. The van der Waals surface area contributed by atoms with E-state index in [1.165, 1.54) is 4.57 Å². The average molecular weight is 508 g/mol. The van der Waals surface area contributed by atoms with Crippen molar-refractivity contribution in [2.45, 2.75) is 72.3 Å². The van der Waals surface area contributed by atoms with Gasteiger partial charge in [-0.3, -0.25) is 9.25 Å². The Labute approximate surface area is 211 Å². The Kier molecular flexibility index (Phi) is 5.55. The zero-order valence-corrected chi connectivity index (χ0v) is 22.9.